The monoisotopic (exact) mass is 338 g/mol. The Morgan fingerprint density at radius 1 is 1.12 bits per heavy atom. The average molecular weight is 340 g/mol. The van der Waals surface area contributed by atoms with E-state index < -0.39 is 10.4 Å². The molecule has 1 heterocycles. The van der Waals surface area contributed by atoms with Crippen LogP contribution in [-0.2, 0) is 19.0 Å². The van der Waals surface area contributed by atoms with E-state index in [4.69, 9.17) is 46.4 Å². The zero-order valence-corrected chi connectivity index (χ0v) is 11.4. The van der Waals surface area contributed by atoms with Gasteiger partial charge in [-0.1, -0.05) is 52.0 Å². The highest BCUT2D eigenvalue weighted by Crippen LogP contribution is 2.43. The maximum Gasteiger partial charge on any atom is 0.440 e. The summed E-state index contributed by atoms with van der Waals surface area (Å²) in [7, 11) is -4.19. The van der Waals surface area contributed by atoms with Crippen LogP contribution in [-0.4, -0.2) is 8.42 Å². The topological polar surface area (TPSA) is 67.9 Å². The Bertz CT molecular complexity index is 552. The summed E-state index contributed by atoms with van der Waals surface area (Å²) in [5, 5.41) is 0.651. The molecule has 0 aliphatic carbocycles. The van der Waals surface area contributed by atoms with Crippen molar-refractivity contribution < 1.29 is 17.0 Å². The molecular weight excluding hydrogens is 338 g/mol. The fourth-order valence-corrected chi connectivity index (χ4v) is 2.45. The zero-order valence-electron chi connectivity index (χ0n) is 7.58. The molecule has 1 N–H and O–H groups in total. The number of rotatable bonds is 1. The minimum absolute atomic E-state index is 0.0470. The number of hydrogen-bond donors (Lipinski definition) is 1. The number of nitrogens with one attached hydrogen (secondary N) is 1. The van der Waals surface area contributed by atoms with Gasteiger partial charge in [0.25, 0.3) is 0 Å². The smallest absolute Gasteiger partial charge is 0.165 e. The number of hydrazine groups is 1. The van der Waals surface area contributed by atoms with Crippen molar-refractivity contribution in [2.24, 2.45) is 0 Å². The van der Waals surface area contributed by atoms with E-state index in [0.717, 1.165) is 0 Å². The SMILES string of the molecule is O=S1(=O)ONN(c2c(Cl)c(Cl)cc(Cl)c2Cl)O1. The van der Waals surface area contributed by atoms with Crippen LogP contribution in [0.1, 0.15) is 0 Å². The van der Waals surface area contributed by atoms with Crippen molar-refractivity contribution in [1.29, 1.82) is 0 Å². The Morgan fingerprint density at radius 3 is 2.06 bits per heavy atom. The number of benzene rings is 1. The van der Waals surface area contributed by atoms with Crippen molar-refractivity contribution in [1.82, 2.24) is 5.59 Å². The molecule has 0 bridgehead atoms. The second-order valence-electron chi connectivity index (χ2n) is 2.77. The third-order valence-electron chi connectivity index (χ3n) is 1.68. The first-order valence-corrected chi connectivity index (χ1v) is 6.68. The molecular formula is C6H2Cl4N2O4S. The molecule has 0 radical (unpaired) electrons. The molecule has 0 amide bonds. The van der Waals surface area contributed by atoms with Crippen LogP contribution < -0.4 is 10.8 Å². The van der Waals surface area contributed by atoms with E-state index in [2.05, 4.69) is 8.57 Å². The van der Waals surface area contributed by atoms with Crippen molar-refractivity contribution in [3.05, 3.63) is 26.2 Å². The van der Waals surface area contributed by atoms with Gasteiger partial charge in [-0.25, -0.2) is 0 Å². The molecule has 0 unspecified atom stereocenters. The van der Waals surface area contributed by atoms with Crippen LogP contribution in [0.15, 0.2) is 6.07 Å². The normalized spacial score (nSPS) is 18.7. The van der Waals surface area contributed by atoms with Gasteiger partial charge in [-0.05, 0) is 6.07 Å². The van der Waals surface area contributed by atoms with Crippen LogP contribution in [0.3, 0.4) is 0 Å². The summed E-state index contributed by atoms with van der Waals surface area (Å²) in [6, 6.07) is 1.31. The van der Waals surface area contributed by atoms with Gasteiger partial charge in [0.1, 0.15) is 5.69 Å². The van der Waals surface area contributed by atoms with Crippen LogP contribution in [0, 0.1) is 0 Å². The number of halogens is 4. The first-order valence-electron chi connectivity index (χ1n) is 3.83. The van der Waals surface area contributed by atoms with Crippen molar-refractivity contribution in [3.8, 4) is 0 Å². The van der Waals surface area contributed by atoms with Crippen molar-refractivity contribution in [3.63, 3.8) is 0 Å². The quantitative estimate of drug-likeness (QED) is 0.793. The zero-order chi connectivity index (χ0) is 12.8. The van der Waals surface area contributed by atoms with Crippen LogP contribution in [0.2, 0.25) is 20.1 Å². The summed E-state index contributed by atoms with van der Waals surface area (Å²) in [4.78, 5) is 0. The number of nitrogens with zero attached hydrogens (tertiary/aromatic N) is 1. The Balaban J connectivity index is 2.53. The molecule has 11 heteroatoms. The molecule has 1 saturated heterocycles. The molecule has 6 nitrogen and oxygen atoms in total. The summed E-state index contributed by atoms with van der Waals surface area (Å²) in [5.74, 6) is 0. The fraction of sp³-hybridized carbons (Fsp3) is 0. The molecule has 0 atom stereocenters. The lowest BCUT2D eigenvalue weighted by Gasteiger charge is -2.16. The van der Waals surface area contributed by atoms with E-state index >= 15 is 0 Å². The molecule has 1 aromatic carbocycles. The molecule has 1 aliphatic rings. The molecule has 0 saturated carbocycles. The minimum atomic E-state index is -4.19. The van der Waals surface area contributed by atoms with E-state index in [0.29, 0.717) is 5.17 Å². The standard InChI is InChI=1S/C6H2Cl4N2O4S/c7-2-1-3(8)5(10)6(4(2)9)12-11-15-17(13,14)16-12/h1,11H. The van der Waals surface area contributed by atoms with Crippen molar-refractivity contribution in [2.45, 2.75) is 0 Å². The summed E-state index contributed by atoms with van der Waals surface area (Å²) in [5.41, 5.74) is 1.86. The van der Waals surface area contributed by atoms with E-state index in [1.165, 1.54) is 6.07 Å². The van der Waals surface area contributed by atoms with Gasteiger partial charge >= 0.3 is 10.4 Å². The molecule has 94 valence electrons. The molecule has 0 spiro atoms. The van der Waals surface area contributed by atoms with E-state index in [9.17, 15) is 8.42 Å². The summed E-state index contributed by atoms with van der Waals surface area (Å²) in [6.07, 6.45) is 0. The second-order valence-corrected chi connectivity index (χ2v) is 5.47. The minimum Gasteiger partial charge on any atom is -0.165 e. The highest BCUT2D eigenvalue weighted by molar-refractivity contribution is 7.82. The molecule has 17 heavy (non-hydrogen) atoms. The highest BCUT2D eigenvalue weighted by Gasteiger charge is 2.33. The largest absolute Gasteiger partial charge is 0.440 e. The van der Waals surface area contributed by atoms with Crippen LogP contribution in [0.4, 0.5) is 5.69 Å². The molecule has 1 aliphatic heterocycles. The Labute approximate surface area is 116 Å². The number of anilines is 1. The maximum absolute atomic E-state index is 10.9. The number of hydrogen-bond acceptors (Lipinski definition) is 6. The summed E-state index contributed by atoms with van der Waals surface area (Å²) >= 11 is 23.2. The van der Waals surface area contributed by atoms with E-state index in [1.807, 2.05) is 5.59 Å². The predicted molar refractivity (Wildman–Crippen MR) is 63.2 cm³/mol. The average Bonchev–Trinajstić information content (AvgIpc) is 2.56. The van der Waals surface area contributed by atoms with Gasteiger partial charge in [0.15, 0.2) is 0 Å². The van der Waals surface area contributed by atoms with E-state index in [1.54, 1.807) is 0 Å². The van der Waals surface area contributed by atoms with Gasteiger partial charge < -0.3 is 0 Å². The summed E-state index contributed by atoms with van der Waals surface area (Å²) < 4.78 is 30.3. The Morgan fingerprint density at radius 2 is 1.65 bits per heavy atom. The van der Waals surface area contributed by atoms with Gasteiger partial charge in [-0.15, -0.1) is 13.7 Å². The van der Waals surface area contributed by atoms with Crippen LogP contribution in [0.5, 0.6) is 0 Å². The fourth-order valence-electron chi connectivity index (χ4n) is 1.02. The first-order chi connectivity index (χ1) is 7.82. The molecule has 0 aromatic heterocycles. The van der Waals surface area contributed by atoms with Crippen LogP contribution >= 0.6 is 46.4 Å². The third-order valence-corrected chi connectivity index (χ3v) is 3.84. The molecule has 1 aromatic rings. The first kappa shape index (κ1) is 13.4. The lowest BCUT2D eigenvalue weighted by molar-refractivity contribution is 0.198. The van der Waals surface area contributed by atoms with Crippen molar-refractivity contribution >= 4 is 62.5 Å². The predicted octanol–water partition coefficient (Wildman–Crippen LogP) is 2.73. The van der Waals surface area contributed by atoms with Gasteiger partial charge in [-0.2, -0.15) is 8.42 Å². The lowest BCUT2D eigenvalue weighted by atomic mass is 10.3. The Kier molecular flexibility index (Phi) is 3.64. The summed E-state index contributed by atoms with van der Waals surface area (Å²) in [6.45, 7) is 0. The van der Waals surface area contributed by atoms with Crippen LogP contribution in [0.25, 0.3) is 0 Å². The van der Waals surface area contributed by atoms with Gasteiger partial charge in [-0.3, -0.25) is 0 Å². The highest BCUT2D eigenvalue weighted by atomic mass is 35.5. The maximum atomic E-state index is 10.9. The molecule has 2 rings (SSSR count). The lowest BCUT2D eigenvalue weighted by Crippen LogP contribution is -2.29. The van der Waals surface area contributed by atoms with Gasteiger partial charge in [0, 0.05) is 0 Å². The second kappa shape index (κ2) is 4.60. The van der Waals surface area contributed by atoms with Gasteiger partial charge in [0.2, 0.25) is 0 Å². The van der Waals surface area contributed by atoms with Gasteiger partial charge in [0.05, 0.1) is 20.1 Å². The Hall–Kier alpha value is 0.01000. The van der Waals surface area contributed by atoms with E-state index in [-0.39, 0.29) is 25.8 Å². The third kappa shape index (κ3) is 2.56. The molecule has 1 fully saturated rings. The van der Waals surface area contributed by atoms with Crippen molar-refractivity contribution in [2.75, 3.05) is 5.17 Å².